The molecular weight excluding hydrogens is 268 g/mol. The molecule has 1 aromatic carbocycles. The second kappa shape index (κ2) is 10.0. The lowest BCUT2D eigenvalue weighted by molar-refractivity contribution is 0.141. The van der Waals surface area contributed by atoms with Gasteiger partial charge in [-0.15, -0.1) is 0 Å². The highest BCUT2D eigenvalue weighted by atomic mass is 16.5. The van der Waals surface area contributed by atoms with E-state index in [-0.39, 0.29) is 0 Å². The van der Waals surface area contributed by atoms with E-state index in [9.17, 15) is 5.26 Å². The van der Waals surface area contributed by atoms with Gasteiger partial charge < -0.3 is 19.1 Å². The second-order valence-electron chi connectivity index (χ2n) is 4.38. The fourth-order valence-corrected chi connectivity index (χ4v) is 1.99. The predicted molar refractivity (Wildman–Crippen MR) is 82.9 cm³/mol. The average molecular weight is 292 g/mol. The second-order valence-corrected chi connectivity index (χ2v) is 4.38. The van der Waals surface area contributed by atoms with Crippen LogP contribution in [-0.4, -0.2) is 46.6 Å². The molecule has 0 saturated carbocycles. The molecule has 1 aromatic rings. The van der Waals surface area contributed by atoms with Gasteiger partial charge in [-0.25, -0.2) is 0 Å². The topological polar surface area (TPSA) is 54.7 Å². The van der Waals surface area contributed by atoms with E-state index in [0.29, 0.717) is 45.1 Å². The van der Waals surface area contributed by atoms with Gasteiger partial charge in [0.15, 0.2) is 0 Å². The zero-order chi connectivity index (χ0) is 15.5. The first kappa shape index (κ1) is 17.3. The lowest BCUT2D eigenvalue weighted by atomic mass is 10.1. The molecule has 0 spiro atoms. The number of rotatable bonds is 10. The van der Waals surface area contributed by atoms with Gasteiger partial charge in [-0.05, 0) is 26.0 Å². The third-order valence-corrected chi connectivity index (χ3v) is 3.09. The van der Waals surface area contributed by atoms with Crippen LogP contribution in [0.1, 0.15) is 19.4 Å². The Morgan fingerprint density at radius 1 is 1.10 bits per heavy atom. The number of hydrogen-bond donors (Lipinski definition) is 0. The first-order valence-electron chi connectivity index (χ1n) is 7.25. The third-order valence-electron chi connectivity index (χ3n) is 3.09. The molecule has 0 aliphatic heterocycles. The fourth-order valence-electron chi connectivity index (χ4n) is 1.99. The molecule has 0 heterocycles. The van der Waals surface area contributed by atoms with E-state index in [1.54, 1.807) is 19.2 Å². The van der Waals surface area contributed by atoms with Crippen LogP contribution in [0, 0.1) is 11.3 Å². The molecule has 0 aliphatic rings. The molecular formula is C16H24N2O3. The summed E-state index contributed by atoms with van der Waals surface area (Å²) in [5.74, 6) is 0.738. The van der Waals surface area contributed by atoms with Gasteiger partial charge >= 0.3 is 0 Å². The number of hydrogen-bond acceptors (Lipinski definition) is 5. The van der Waals surface area contributed by atoms with E-state index in [1.165, 1.54) is 0 Å². The first-order valence-corrected chi connectivity index (χ1v) is 7.25. The quantitative estimate of drug-likeness (QED) is 0.620. The molecule has 116 valence electrons. The molecule has 0 amide bonds. The SMILES string of the molecule is CCOCCN(CCOCC)c1cc(OC)ccc1C#N. The van der Waals surface area contributed by atoms with Crippen molar-refractivity contribution >= 4 is 5.69 Å². The molecule has 5 heteroatoms. The highest BCUT2D eigenvalue weighted by Gasteiger charge is 2.12. The van der Waals surface area contributed by atoms with Crippen LogP contribution in [-0.2, 0) is 9.47 Å². The van der Waals surface area contributed by atoms with Crippen LogP contribution in [0.15, 0.2) is 18.2 Å². The summed E-state index contributed by atoms with van der Waals surface area (Å²) in [5, 5.41) is 9.29. The van der Waals surface area contributed by atoms with Crippen LogP contribution in [0.25, 0.3) is 0 Å². The maximum Gasteiger partial charge on any atom is 0.121 e. The molecule has 0 bridgehead atoms. The molecule has 0 aliphatic carbocycles. The maximum atomic E-state index is 9.29. The van der Waals surface area contributed by atoms with E-state index in [0.717, 1.165) is 11.4 Å². The Hall–Kier alpha value is -1.77. The van der Waals surface area contributed by atoms with E-state index in [4.69, 9.17) is 14.2 Å². The summed E-state index contributed by atoms with van der Waals surface area (Å²) in [4.78, 5) is 2.10. The molecule has 0 fully saturated rings. The van der Waals surface area contributed by atoms with Crippen molar-refractivity contribution in [1.82, 2.24) is 0 Å². The summed E-state index contributed by atoms with van der Waals surface area (Å²) < 4.78 is 16.1. The van der Waals surface area contributed by atoms with Crippen molar-refractivity contribution in [2.45, 2.75) is 13.8 Å². The molecule has 0 saturated heterocycles. The van der Waals surface area contributed by atoms with Crippen molar-refractivity contribution in [3.63, 3.8) is 0 Å². The summed E-state index contributed by atoms with van der Waals surface area (Å²) in [6, 6.07) is 7.69. The standard InChI is InChI=1S/C16H24N2O3/c1-4-20-10-8-18(9-11-21-5-2)16-12-15(19-3)7-6-14(16)13-17/h6-7,12H,4-5,8-11H2,1-3H3. The first-order chi connectivity index (χ1) is 10.3. The van der Waals surface area contributed by atoms with Gasteiger partial charge in [0, 0.05) is 32.4 Å². The zero-order valence-electron chi connectivity index (χ0n) is 13.1. The summed E-state index contributed by atoms with van der Waals surface area (Å²) in [6.45, 7) is 7.96. The maximum absolute atomic E-state index is 9.29. The van der Waals surface area contributed by atoms with Gasteiger partial charge in [-0.1, -0.05) is 0 Å². The Bertz CT molecular complexity index is 447. The van der Waals surface area contributed by atoms with Crippen LogP contribution in [0.3, 0.4) is 0 Å². The predicted octanol–water partition coefficient (Wildman–Crippen LogP) is 2.45. The fraction of sp³-hybridized carbons (Fsp3) is 0.562. The number of ether oxygens (including phenoxy) is 3. The van der Waals surface area contributed by atoms with Gasteiger partial charge in [0.05, 0.1) is 31.6 Å². The number of anilines is 1. The lowest BCUT2D eigenvalue weighted by Gasteiger charge is -2.26. The molecule has 0 radical (unpaired) electrons. The van der Waals surface area contributed by atoms with Crippen LogP contribution in [0.4, 0.5) is 5.69 Å². The monoisotopic (exact) mass is 292 g/mol. The van der Waals surface area contributed by atoms with Crippen molar-refractivity contribution in [3.05, 3.63) is 23.8 Å². The summed E-state index contributed by atoms with van der Waals surface area (Å²) in [5.41, 5.74) is 1.49. The molecule has 21 heavy (non-hydrogen) atoms. The van der Waals surface area contributed by atoms with Gasteiger partial charge in [0.2, 0.25) is 0 Å². The van der Waals surface area contributed by atoms with Crippen molar-refractivity contribution < 1.29 is 14.2 Å². The number of nitrogens with zero attached hydrogens (tertiary/aromatic N) is 2. The minimum absolute atomic E-state index is 0.616. The Morgan fingerprint density at radius 3 is 2.19 bits per heavy atom. The van der Waals surface area contributed by atoms with E-state index in [1.807, 2.05) is 19.9 Å². The average Bonchev–Trinajstić information content (AvgIpc) is 2.53. The van der Waals surface area contributed by atoms with E-state index < -0.39 is 0 Å². The molecule has 1 rings (SSSR count). The van der Waals surface area contributed by atoms with Crippen molar-refractivity contribution in [2.24, 2.45) is 0 Å². The largest absolute Gasteiger partial charge is 0.497 e. The minimum Gasteiger partial charge on any atom is -0.497 e. The van der Waals surface area contributed by atoms with Crippen LogP contribution in [0.2, 0.25) is 0 Å². The van der Waals surface area contributed by atoms with Gasteiger partial charge in [0.25, 0.3) is 0 Å². The van der Waals surface area contributed by atoms with Crippen LogP contribution >= 0.6 is 0 Å². The third kappa shape index (κ3) is 5.62. The molecule has 0 aromatic heterocycles. The minimum atomic E-state index is 0.616. The van der Waals surface area contributed by atoms with Crippen molar-refractivity contribution in [1.29, 1.82) is 5.26 Å². The van der Waals surface area contributed by atoms with Crippen LogP contribution < -0.4 is 9.64 Å². The summed E-state index contributed by atoms with van der Waals surface area (Å²) in [6.07, 6.45) is 0. The highest BCUT2D eigenvalue weighted by Crippen LogP contribution is 2.25. The van der Waals surface area contributed by atoms with Gasteiger partial charge in [0.1, 0.15) is 11.8 Å². The number of benzene rings is 1. The summed E-state index contributed by atoms with van der Waals surface area (Å²) in [7, 11) is 1.62. The Labute approximate surface area is 127 Å². The number of methoxy groups -OCH3 is 1. The molecule has 5 nitrogen and oxygen atoms in total. The molecule has 0 atom stereocenters. The normalized spacial score (nSPS) is 10.2. The Balaban J connectivity index is 2.90. The number of nitriles is 1. The van der Waals surface area contributed by atoms with Crippen molar-refractivity contribution in [2.75, 3.05) is 51.5 Å². The lowest BCUT2D eigenvalue weighted by Crippen LogP contribution is -2.31. The van der Waals surface area contributed by atoms with Gasteiger partial charge in [-0.3, -0.25) is 0 Å². The Morgan fingerprint density at radius 2 is 1.71 bits per heavy atom. The van der Waals surface area contributed by atoms with Crippen LogP contribution in [0.5, 0.6) is 5.75 Å². The van der Waals surface area contributed by atoms with Gasteiger partial charge in [-0.2, -0.15) is 5.26 Å². The summed E-state index contributed by atoms with van der Waals surface area (Å²) >= 11 is 0. The smallest absolute Gasteiger partial charge is 0.121 e. The van der Waals surface area contributed by atoms with Crippen molar-refractivity contribution in [3.8, 4) is 11.8 Å². The zero-order valence-corrected chi connectivity index (χ0v) is 13.1. The highest BCUT2D eigenvalue weighted by molar-refractivity contribution is 5.62. The molecule has 0 unspecified atom stereocenters. The van der Waals surface area contributed by atoms with E-state index in [2.05, 4.69) is 11.0 Å². The molecule has 0 N–H and O–H groups in total. The Kier molecular flexibility index (Phi) is 8.25. The van der Waals surface area contributed by atoms with E-state index >= 15 is 0 Å².